The predicted molar refractivity (Wildman–Crippen MR) is 90.0 cm³/mol. The second kappa shape index (κ2) is 8.61. The maximum absolute atomic E-state index is 11.9. The molecular weight excluding hydrogens is 308 g/mol. The molecule has 0 spiro atoms. The lowest BCUT2D eigenvalue weighted by Crippen LogP contribution is -2.26. The normalized spacial score (nSPS) is 10.1. The van der Waals surface area contributed by atoms with E-state index in [0.29, 0.717) is 31.0 Å². The van der Waals surface area contributed by atoms with Crippen molar-refractivity contribution in [1.82, 2.24) is 15.3 Å². The molecule has 0 fully saturated rings. The van der Waals surface area contributed by atoms with Crippen molar-refractivity contribution in [3.05, 3.63) is 48.0 Å². The van der Waals surface area contributed by atoms with Crippen molar-refractivity contribution >= 4 is 17.5 Å². The monoisotopic (exact) mass is 328 g/mol. The van der Waals surface area contributed by atoms with E-state index in [2.05, 4.69) is 20.6 Å². The predicted octanol–water partition coefficient (Wildman–Crippen LogP) is 1.81. The smallest absolute Gasteiger partial charge is 0.271 e. The summed E-state index contributed by atoms with van der Waals surface area (Å²) in [5.74, 6) is 0.195. The molecule has 0 unspecified atom stereocenters. The maximum Gasteiger partial charge on any atom is 0.271 e. The first-order valence-electron chi connectivity index (χ1n) is 7.67. The molecule has 0 bridgehead atoms. The molecule has 0 saturated carbocycles. The number of ether oxygens (including phenoxy) is 1. The van der Waals surface area contributed by atoms with Crippen molar-refractivity contribution in [2.75, 3.05) is 18.5 Å². The van der Waals surface area contributed by atoms with Crippen molar-refractivity contribution < 1.29 is 14.3 Å². The van der Waals surface area contributed by atoms with E-state index >= 15 is 0 Å². The number of hydrogen-bond acceptors (Lipinski definition) is 5. The van der Waals surface area contributed by atoms with Crippen LogP contribution in [0.3, 0.4) is 0 Å². The highest BCUT2D eigenvalue weighted by atomic mass is 16.5. The molecule has 1 aromatic carbocycles. The molecule has 2 amide bonds. The fourth-order valence-electron chi connectivity index (χ4n) is 2.13. The first-order chi connectivity index (χ1) is 11.6. The van der Waals surface area contributed by atoms with Crippen LogP contribution in [0.25, 0.3) is 0 Å². The summed E-state index contributed by atoms with van der Waals surface area (Å²) in [6, 6.07) is 5.57. The number of nitrogens with one attached hydrogen (secondary N) is 2. The second-order valence-electron chi connectivity index (χ2n) is 5.04. The molecule has 7 nitrogen and oxygen atoms in total. The highest BCUT2D eigenvalue weighted by Gasteiger charge is 2.08. The summed E-state index contributed by atoms with van der Waals surface area (Å²) in [6.45, 7) is 4.29. The maximum atomic E-state index is 11.9. The molecule has 1 heterocycles. The SMILES string of the molecule is CCOc1ccc(CCNC(=O)c2cnccn2)cc1NC(C)=O. The van der Waals surface area contributed by atoms with Crippen LogP contribution in [0.5, 0.6) is 5.75 Å². The molecular formula is C17H20N4O3. The van der Waals surface area contributed by atoms with Crippen molar-refractivity contribution in [1.29, 1.82) is 0 Å². The summed E-state index contributed by atoms with van der Waals surface area (Å²) in [6.07, 6.45) is 5.02. The molecule has 24 heavy (non-hydrogen) atoms. The third-order valence-electron chi connectivity index (χ3n) is 3.15. The molecule has 7 heteroatoms. The Bertz CT molecular complexity index is 704. The van der Waals surface area contributed by atoms with Crippen LogP contribution in [0, 0.1) is 0 Å². The summed E-state index contributed by atoms with van der Waals surface area (Å²) >= 11 is 0. The second-order valence-corrected chi connectivity index (χ2v) is 5.04. The lowest BCUT2D eigenvalue weighted by atomic mass is 10.1. The molecule has 2 aromatic rings. The minimum atomic E-state index is -0.267. The standard InChI is InChI=1S/C17H20N4O3/c1-3-24-16-5-4-13(10-14(16)21-12(2)22)6-7-20-17(23)15-11-18-8-9-19-15/h4-5,8-11H,3,6-7H2,1-2H3,(H,20,23)(H,21,22). The number of amides is 2. The number of carbonyl (C=O) groups is 2. The van der Waals surface area contributed by atoms with Gasteiger partial charge in [0, 0.05) is 25.9 Å². The lowest BCUT2D eigenvalue weighted by Gasteiger charge is -2.12. The highest BCUT2D eigenvalue weighted by molar-refractivity contribution is 5.92. The molecule has 0 saturated heterocycles. The Morgan fingerprint density at radius 1 is 1.25 bits per heavy atom. The largest absolute Gasteiger partial charge is 0.492 e. The van der Waals surface area contributed by atoms with Gasteiger partial charge >= 0.3 is 0 Å². The van der Waals surface area contributed by atoms with Gasteiger partial charge < -0.3 is 15.4 Å². The number of hydrogen-bond donors (Lipinski definition) is 2. The van der Waals surface area contributed by atoms with Crippen LogP contribution in [-0.4, -0.2) is 34.9 Å². The van der Waals surface area contributed by atoms with E-state index < -0.39 is 0 Å². The molecule has 2 rings (SSSR count). The molecule has 0 radical (unpaired) electrons. The van der Waals surface area contributed by atoms with Gasteiger partial charge in [-0.2, -0.15) is 0 Å². The summed E-state index contributed by atoms with van der Waals surface area (Å²) in [4.78, 5) is 31.0. The van der Waals surface area contributed by atoms with Gasteiger partial charge in [0.1, 0.15) is 11.4 Å². The van der Waals surface area contributed by atoms with E-state index in [1.54, 1.807) is 0 Å². The van der Waals surface area contributed by atoms with Crippen LogP contribution >= 0.6 is 0 Å². The number of anilines is 1. The zero-order chi connectivity index (χ0) is 17.4. The van der Waals surface area contributed by atoms with Gasteiger partial charge in [-0.05, 0) is 31.0 Å². The summed E-state index contributed by atoms with van der Waals surface area (Å²) in [7, 11) is 0. The first-order valence-corrected chi connectivity index (χ1v) is 7.67. The minimum absolute atomic E-state index is 0.163. The Morgan fingerprint density at radius 2 is 2.08 bits per heavy atom. The molecule has 126 valence electrons. The van der Waals surface area contributed by atoms with Gasteiger partial charge in [-0.15, -0.1) is 0 Å². The third kappa shape index (κ3) is 5.05. The summed E-state index contributed by atoms with van der Waals surface area (Å²) in [5.41, 5.74) is 1.88. The van der Waals surface area contributed by atoms with Gasteiger partial charge in [0.2, 0.25) is 5.91 Å². The highest BCUT2D eigenvalue weighted by Crippen LogP contribution is 2.26. The van der Waals surface area contributed by atoms with Crippen molar-refractivity contribution in [2.24, 2.45) is 0 Å². The third-order valence-corrected chi connectivity index (χ3v) is 3.15. The van der Waals surface area contributed by atoms with Crippen molar-refractivity contribution in [3.8, 4) is 5.75 Å². The molecule has 0 aliphatic carbocycles. The van der Waals surface area contributed by atoms with Crippen LogP contribution < -0.4 is 15.4 Å². The number of rotatable bonds is 7. The Hall–Kier alpha value is -2.96. The number of benzene rings is 1. The van der Waals surface area contributed by atoms with Gasteiger partial charge in [-0.3, -0.25) is 14.6 Å². The fraction of sp³-hybridized carbons (Fsp3) is 0.294. The summed E-state index contributed by atoms with van der Waals surface area (Å²) in [5, 5.41) is 5.54. The first kappa shape index (κ1) is 17.4. The number of aromatic nitrogens is 2. The van der Waals surface area contributed by atoms with E-state index in [0.717, 1.165) is 5.56 Å². The van der Waals surface area contributed by atoms with E-state index in [1.165, 1.54) is 25.5 Å². The van der Waals surface area contributed by atoms with Crippen molar-refractivity contribution in [3.63, 3.8) is 0 Å². The Morgan fingerprint density at radius 3 is 2.75 bits per heavy atom. The molecule has 0 aliphatic heterocycles. The average molecular weight is 328 g/mol. The molecule has 1 aromatic heterocycles. The Kier molecular flexibility index (Phi) is 6.24. The van der Waals surface area contributed by atoms with Gasteiger partial charge in [0.05, 0.1) is 18.5 Å². The van der Waals surface area contributed by atoms with E-state index in [4.69, 9.17) is 4.74 Å². The number of carbonyl (C=O) groups excluding carboxylic acids is 2. The number of nitrogens with zero attached hydrogens (tertiary/aromatic N) is 2. The van der Waals surface area contributed by atoms with Crippen LogP contribution in [0.4, 0.5) is 5.69 Å². The van der Waals surface area contributed by atoms with Crippen LogP contribution in [-0.2, 0) is 11.2 Å². The van der Waals surface area contributed by atoms with Crippen LogP contribution in [0.1, 0.15) is 29.9 Å². The molecule has 0 aliphatic rings. The van der Waals surface area contributed by atoms with E-state index in [-0.39, 0.29) is 17.5 Å². The fourth-order valence-corrected chi connectivity index (χ4v) is 2.13. The van der Waals surface area contributed by atoms with Gasteiger partial charge in [-0.1, -0.05) is 6.07 Å². The van der Waals surface area contributed by atoms with Gasteiger partial charge in [-0.25, -0.2) is 4.98 Å². The molecule has 2 N–H and O–H groups in total. The quantitative estimate of drug-likeness (QED) is 0.808. The van der Waals surface area contributed by atoms with Crippen LogP contribution in [0.15, 0.2) is 36.8 Å². The zero-order valence-electron chi connectivity index (χ0n) is 13.7. The summed E-state index contributed by atoms with van der Waals surface area (Å²) < 4.78 is 5.49. The minimum Gasteiger partial charge on any atom is -0.492 e. The van der Waals surface area contributed by atoms with Gasteiger partial charge in [0.15, 0.2) is 0 Å². The Labute approximate surface area is 140 Å². The zero-order valence-corrected chi connectivity index (χ0v) is 13.7. The molecule has 0 atom stereocenters. The lowest BCUT2D eigenvalue weighted by molar-refractivity contribution is -0.114. The Balaban J connectivity index is 1.97. The van der Waals surface area contributed by atoms with Crippen molar-refractivity contribution in [2.45, 2.75) is 20.3 Å². The van der Waals surface area contributed by atoms with E-state index in [1.807, 2.05) is 25.1 Å². The van der Waals surface area contributed by atoms with Gasteiger partial charge in [0.25, 0.3) is 5.91 Å². The average Bonchev–Trinajstić information content (AvgIpc) is 2.57. The van der Waals surface area contributed by atoms with Crippen LogP contribution in [0.2, 0.25) is 0 Å². The van der Waals surface area contributed by atoms with E-state index in [9.17, 15) is 9.59 Å². The topological polar surface area (TPSA) is 93.2 Å².